The minimum atomic E-state index is -0.617. The van der Waals surface area contributed by atoms with E-state index >= 15 is 0 Å². The van der Waals surface area contributed by atoms with Crippen molar-refractivity contribution in [2.45, 2.75) is 38.0 Å². The number of carbonyl (C=O) groups excluding carboxylic acids is 1. The van der Waals surface area contributed by atoms with Crippen molar-refractivity contribution in [2.75, 3.05) is 13.3 Å². The molecule has 25 heavy (non-hydrogen) atoms. The molecule has 1 aliphatic rings. The number of hydrogen-bond donors (Lipinski definition) is 1. The number of ketones is 1. The highest BCUT2D eigenvalue weighted by Gasteiger charge is 2.49. The van der Waals surface area contributed by atoms with Gasteiger partial charge in [0.2, 0.25) is 0 Å². The third kappa shape index (κ3) is 5.23. The predicted octanol–water partition coefficient (Wildman–Crippen LogP) is 3.11. The maximum absolute atomic E-state index is 12.7. The normalized spacial score (nSPS) is 20.2. The molecule has 0 radical (unpaired) electrons. The third-order valence-electron chi connectivity index (χ3n) is 4.52. The number of nitrogens with one attached hydrogen (secondary N) is 1. The number of epoxide rings is 1. The highest BCUT2D eigenvalue weighted by molar-refractivity contribution is 5.93. The maximum Gasteiger partial charge on any atom is 0.183 e. The topological polar surface area (TPSA) is 50.9 Å². The number of benzene rings is 2. The van der Waals surface area contributed by atoms with Crippen LogP contribution >= 0.6 is 0 Å². The number of carbonyl (C=O) groups is 1. The van der Waals surface area contributed by atoms with Gasteiger partial charge in [-0.05, 0) is 30.9 Å². The van der Waals surface area contributed by atoms with Gasteiger partial charge in [-0.2, -0.15) is 0 Å². The lowest BCUT2D eigenvalue weighted by atomic mass is 9.95. The average molecular weight is 339 g/mol. The van der Waals surface area contributed by atoms with Crippen molar-refractivity contribution in [3.8, 4) is 0 Å². The molecule has 0 aromatic heterocycles. The fourth-order valence-electron chi connectivity index (χ4n) is 2.80. The minimum absolute atomic E-state index is 0.117. The Hall–Kier alpha value is -2.01. The summed E-state index contributed by atoms with van der Waals surface area (Å²) in [7, 11) is 0. The lowest BCUT2D eigenvalue weighted by Crippen LogP contribution is -2.44. The summed E-state index contributed by atoms with van der Waals surface area (Å²) in [5.74, 6) is 0.117. The SMILES string of the molecule is C[C@@]1(C(=O)C(CCc2ccccc2)NCOCc2ccccc2)CO1. The molecule has 2 aromatic carbocycles. The molecule has 132 valence electrons. The molecule has 1 N–H and O–H groups in total. The number of aryl methyl sites for hydroxylation is 1. The zero-order chi connectivity index (χ0) is 17.5. The fraction of sp³-hybridized carbons (Fsp3) is 0.381. The molecule has 2 atom stereocenters. The first-order valence-electron chi connectivity index (χ1n) is 8.75. The van der Waals surface area contributed by atoms with Crippen LogP contribution in [0.4, 0.5) is 0 Å². The summed E-state index contributed by atoms with van der Waals surface area (Å²) in [6.45, 7) is 3.24. The molecular weight excluding hydrogens is 314 g/mol. The molecule has 4 nitrogen and oxygen atoms in total. The van der Waals surface area contributed by atoms with Gasteiger partial charge in [0, 0.05) is 0 Å². The van der Waals surface area contributed by atoms with Gasteiger partial charge < -0.3 is 9.47 Å². The van der Waals surface area contributed by atoms with Crippen LogP contribution in [-0.4, -0.2) is 30.8 Å². The summed E-state index contributed by atoms with van der Waals surface area (Å²) >= 11 is 0. The van der Waals surface area contributed by atoms with Gasteiger partial charge in [0.1, 0.15) is 5.60 Å². The van der Waals surface area contributed by atoms with E-state index in [4.69, 9.17) is 9.47 Å². The lowest BCUT2D eigenvalue weighted by molar-refractivity contribution is -0.126. The summed E-state index contributed by atoms with van der Waals surface area (Å²) in [6.07, 6.45) is 1.58. The van der Waals surface area contributed by atoms with Crippen LogP contribution in [0.1, 0.15) is 24.5 Å². The summed E-state index contributed by atoms with van der Waals surface area (Å²) in [5.41, 5.74) is 1.73. The Bertz CT molecular complexity index is 668. The van der Waals surface area contributed by atoms with E-state index in [1.54, 1.807) is 0 Å². The van der Waals surface area contributed by atoms with Gasteiger partial charge in [-0.25, -0.2) is 0 Å². The molecule has 4 heteroatoms. The monoisotopic (exact) mass is 339 g/mol. The molecule has 0 aliphatic carbocycles. The Balaban J connectivity index is 1.50. The molecule has 0 amide bonds. The molecule has 0 spiro atoms. The fourth-order valence-corrected chi connectivity index (χ4v) is 2.80. The number of hydrogen-bond acceptors (Lipinski definition) is 4. The van der Waals surface area contributed by atoms with Gasteiger partial charge >= 0.3 is 0 Å². The summed E-state index contributed by atoms with van der Waals surface area (Å²) in [5, 5.41) is 3.25. The molecule has 3 rings (SSSR count). The van der Waals surface area contributed by atoms with E-state index in [0.29, 0.717) is 19.9 Å². The van der Waals surface area contributed by atoms with Crippen molar-refractivity contribution in [2.24, 2.45) is 0 Å². The highest BCUT2D eigenvalue weighted by Crippen LogP contribution is 2.29. The Morgan fingerprint density at radius 2 is 1.72 bits per heavy atom. The number of rotatable bonds is 10. The zero-order valence-corrected chi connectivity index (χ0v) is 14.6. The van der Waals surface area contributed by atoms with Crippen LogP contribution in [0.2, 0.25) is 0 Å². The van der Waals surface area contributed by atoms with Gasteiger partial charge in [0.25, 0.3) is 0 Å². The Morgan fingerprint density at radius 3 is 2.32 bits per heavy atom. The van der Waals surface area contributed by atoms with E-state index in [1.165, 1.54) is 5.56 Å². The zero-order valence-electron chi connectivity index (χ0n) is 14.6. The molecule has 1 saturated heterocycles. The predicted molar refractivity (Wildman–Crippen MR) is 97.1 cm³/mol. The molecule has 1 unspecified atom stereocenters. The van der Waals surface area contributed by atoms with Crippen LogP contribution in [-0.2, 0) is 27.3 Å². The first-order chi connectivity index (χ1) is 12.2. The number of Topliss-reactive ketones (excluding diaryl/α,β-unsaturated/α-hetero) is 1. The third-order valence-corrected chi connectivity index (χ3v) is 4.52. The van der Waals surface area contributed by atoms with Crippen LogP contribution in [0.5, 0.6) is 0 Å². The van der Waals surface area contributed by atoms with Crippen LogP contribution in [0, 0.1) is 0 Å². The number of ether oxygens (including phenoxy) is 2. The van der Waals surface area contributed by atoms with Crippen molar-refractivity contribution >= 4 is 5.78 Å². The van der Waals surface area contributed by atoms with Gasteiger partial charge in [0.05, 0.1) is 26.0 Å². The second-order valence-corrected chi connectivity index (χ2v) is 6.64. The van der Waals surface area contributed by atoms with Crippen LogP contribution in [0.15, 0.2) is 60.7 Å². The highest BCUT2D eigenvalue weighted by atomic mass is 16.6. The van der Waals surface area contributed by atoms with E-state index in [2.05, 4.69) is 17.4 Å². The molecule has 2 aromatic rings. The molecule has 1 aliphatic heterocycles. The van der Waals surface area contributed by atoms with Gasteiger partial charge in [-0.1, -0.05) is 60.7 Å². The first kappa shape index (κ1) is 17.8. The van der Waals surface area contributed by atoms with Gasteiger partial charge in [-0.3, -0.25) is 10.1 Å². The van der Waals surface area contributed by atoms with Crippen molar-refractivity contribution in [1.82, 2.24) is 5.32 Å². The Labute approximate surface area is 149 Å². The molecule has 1 fully saturated rings. The summed E-state index contributed by atoms with van der Waals surface area (Å²) in [6, 6.07) is 20.0. The van der Waals surface area contributed by atoms with Gasteiger partial charge in [0.15, 0.2) is 5.78 Å². The van der Waals surface area contributed by atoms with Crippen molar-refractivity contribution in [1.29, 1.82) is 0 Å². The first-order valence-corrected chi connectivity index (χ1v) is 8.75. The lowest BCUT2D eigenvalue weighted by Gasteiger charge is -2.20. The van der Waals surface area contributed by atoms with Crippen LogP contribution < -0.4 is 5.32 Å². The Kier molecular flexibility index (Phi) is 5.97. The summed E-state index contributed by atoms with van der Waals surface area (Å²) in [4.78, 5) is 12.7. The van der Waals surface area contributed by atoms with Crippen molar-refractivity contribution in [3.63, 3.8) is 0 Å². The smallest absolute Gasteiger partial charge is 0.183 e. The van der Waals surface area contributed by atoms with E-state index in [9.17, 15) is 4.79 Å². The summed E-state index contributed by atoms with van der Waals surface area (Å²) < 4.78 is 11.0. The second kappa shape index (κ2) is 8.39. The van der Waals surface area contributed by atoms with E-state index in [1.807, 2.05) is 55.5 Å². The van der Waals surface area contributed by atoms with E-state index in [-0.39, 0.29) is 11.8 Å². The van der Waals surface area contributed by atoms with E-state index < -0.39 is 5.60 Å². The van der Waals surface area contributed by atoms with E-state index in [0.717, 1.165) is 18.4 Å². The largest absolute Gasteiger partial charge is 0.362 e. The van der Waals surface area contributed by atoms with Gasteiger partial charge in [-0.15, -0.1) is 0 Å². The van der Waals surface area contributed by atoms with Crippen molar-refractivity contribution in [3.05, 3.63) is 71.8 Å². The molecular formula is C21H25NO3. The molecule has 0 bridgehead atoms. The molecule has 1 heterocycles. The van der Waals surface area contributed by atoms with Crippen molar-refractivity contribution < 1.29 is 14.3 Å². The molecule has 0 saturated carbocycles. The Morgan fingerprint density at radius 1 is 1.12 bits per heavy atom. The minimum Gasteiger partial charge on any atom is -0.362 e. The van der Waals surface area contributed by atoms with Crippen LogP contribution in [0.3, 0.4) is 0 Å². The quantitative estimate of drug-likeness (QED) is 0.410. The standard InChI is InChI=1S/C21H25NO3/c1-21(15-25-21)20(23)19(13-12-17-8-4-2-5-9-17)22-16-24-14-18-10-6-3-7-11-18/h2-11,19,22H,12-16H2,1H3/t19?,21-/m0/s1. The second-order valence-electron chi connectivity index (χ2n) is 6.64. The van der Waals surface area contributed by atoms with Crippen LogP contribution in [0.25, 0.3) is 0 Å². The average Bonchev–Trinajstić information content (AvgIpc) is 3.41. The maximum atomic E-state index is 12.7.